The molecule has 0 aromatic heterocycles. The largest absolute Gasteiger partial charge is 0.193 e. The van der Waals surface area contributed by atoms with Gasteiger partial charge in [0.1, 0.15) is 0 Å². The molecule has 0 N–H and O–H groups in total. The molecule has 0 saturated heterocycles. The van der Waals surface area contributed by atoms with Crippen LogP contribution in [0.25, 0.3) is 0 Å². The second-order valence-electron chi connectivity index (χ2n) is 2.96. The van der Waals surface area contributed by atoms with Crippen molar-refractivity contribution in [1.29, 1.82) is 5.26 Å². The van der Waals surface area contributed by atoms with E-state index in [9.17, 15) is 0 Å². The fraction of sp³-hybridized carbons (Fsp3) is 0.571. The van der Waals surface area contributed by atoms with Gasteiger partial charge in [0.25, 0.3) is 0 Å². The lowest BCUT2D eigenvalue weighted by atomic mass is 9.99. The first-order chi connectivity index (χ1) is 3.93. The molecule has 0 spiro atoms. The van der Waals surface area contributed by atoms with E-state index < -0.39 is 0 Å². The molecule has 3 aliphatic rings. The summed E-state index contributed by atoms with van der Waals surface area (Å²) in [5, 5.41) is 8.42. The van der Waals surface area contributed by atoms with Crippen molar-refractivity contribution >= 4 is 0 Å². The molecule has 0 heterocycles. The second kappa shape index (κ2) is 0.647. The van der Waals surface area contributed by atoms with Crippen molar-refractivity contribution in [3.8, 4) is 6.07 Å². The Morgan fingerprint density at radius 1 is 1.62 bits per heavy atom. The molecule has 2 fully saturated rings. The monoisotopic (exact) mass is 103 g/mol. The van der Waals surface area contributed by atoms with Gasteiger partial charge in [-0.3, -0.25) is 0 Å². The second-order valence-corrected chi connectivity index (χ2v) is 2.96. The Labute approximate surface area is 47.6 Å². The van der Waals surface area contributed by atoms with Crippen molar-refractivity contribution in [2.45, 2.75) is 6.42 Å². The summed E-state index contributed by atoms with van der Waals surface area (Å²) in [6.45, 7) is 0. The first-order valence-electron chi connectivity index (χ1n) is 3.07. The van der Waals surface area contributed by atoms with Crippen LogP contribution >= 0.6 is 0 Å². The van der Waals surface area contributed by atoms with Gasteiger partial charge in [-0.2, -0.15) is 5.26 Å². The molecule has 1 heteroatoms. The molecule has 1 nitrogen and oxygen atoms in total. The molecular weight excluding hydrogens is 98.1 g/mol. The fourth-order valence-corrected chi connectivity index (χ4v) is 2.09. The topological polar surface area (TPSA) is 23.8 Å². The SMILES string of the molecule is N#CC1=C2C3CC3C12. The molecule has 0 amide bonds. The van der Waals surface area contributed by atoms with Gasteiger partial charge in [-0.15, -0.1) is 0 Å². The Morgan fingerprint density at radius 2 is 2.50 bits per heavy atom. The smallest absolute Gasteiger partial charge is 0.0953 e. The van der Waals surface area contributed by atoms with E-state index in [0.29, 0.717) is 0 Å². The van der Waals surface area contributed by atoms with E-state index in [4.69, 9.17) is 5.26 Å². The summed E-state index contributed by atoms with van der Waals surface area (Å²) in [6, 6.07) is 2.24. The summed E-state index contributed by atoms with van der Waals surface area (Å²) in [4.78, 5) is 0. The first kappa shape index (κ1) is 3.29. The minimum atomic E-state index is 0.727. The van der Waals surface area contributed by atoms with Crippen molar-refractivity contribution in [2.24, 2.45) is 17.8 Å². The molecule has 3 rings (SSSR count). The summed E-state index contributed by atoms with van der Waals surface area (Å²) in [5.74, 6) is 2.60. The van der Waals surface area contributed by atoms with Crippen LogP contribution in [-0.2, 0) is 0 Å². The zero-order valence-electron chi connectivity index (χ0n) is 4.39. The highest BCUT2D eigenvalue weighted by atomic mass is 14.7. The Morgan fingerprint density at radius 3 is 2.88 bits per heavy atom. The van der Waals surface area contributed by atoms with Gasteiger partial charge in [0.2, 0.25) is 0 Å². The number of nitriles is 1. The predicted molar refractivity (Wildman–Crippen MR) is 27.7 cm³/mol. The summed E-state index contributed by atoms with van der Waals surface area (Å²) < 4.78 is 0. The van der Waals surface area contributed by atoms with E-state index in [2.05, 4.69) is 6.07 Å². The Hall–Kier alpha value is -0.770. The van der Waals surface area contributed by atoms with E-state index in [1.165, 1.54) is 12.0 Å². The Balaban J connectivity index is 2.10. The summed E-state index contributed by atoms with van der Waals surface area (Å²) in [7, 11) is 0. The van der Waals surface area contributed by atoms with Crippen LogP contribution in [0.4, 0.5) is 0 Å². The van der Waals surface area contributed by atoms with Crippen molar-refractivity contribution in [1.82, 2.24) is 0 Å². The predicted octanol–water partition coefficient (Wildman–Crippen LogP) is 1.09. The van der Waals surface area contributed by atoms with Crippen molar-refractivity contribution in [3.05, 3.63) is 11.1 Å². The highest BCUT2D eigenvalue weighted by Gasteiger charge is 2.68. The average molecular weight is 103 g/mol. The van der Waals surface area contributed by atoms with Crippen LogP contribution in [0, 0.1) is 29.1 Å². The molecule has 2 saturated carbocycles. The molecule has 3 atom stereocenters. The number of hydrogen-bond acceptors (Lipinski definition) is 1. The van der Waals surface area contributed by atoms with Crippen molar-refractivity contribution < 1.29 is 0 Å². The number of nitrogens with zero attached hydrogens (tertiary/aromatic N) is 1. The molecule has 3 aliphatic carbocycles. The molecule has 0 aliphatic heterocycles. The third kappa shape index (κ3) is 0.147. The van der Waals surface area contributed by atoms with Gasteiger partial charge in [-0.25, -0.2) is 0 Å². The van der Waals surface area contributed by atoms with Crippen LogP contribution in [0.5, 0.6) is 0 Å². The fourth-order valence-electron chi connectivity index (χ4n) is 2.09. The van der Waals surface area contributed by atoms with Crippen LogP contribution in [-0.4, -0.2) is 0 Å². The number of rotatable bonds is 0. The normalized spacial score (nSPS) is 53.1. The third-order valence-corrected chi connectivity index (χ3v) is 2.66. The molecule has 0 radical (unpaired) electrons. The summed E-state index contributed by atoms with van der Waals surface area (Å²) in [6.07, 6.45) is 1.41. The average Bonchev–Trinajstić information content (AvgIpc) is 2.45. The highest BCUT2D eigenvalue weighted by Crippen LogP contribution is 2.75. The standard InChI is InChI=1S/C7H5N/c8-2-5-6-3-1-4(3)7(5)6/h3-4,6H,1H2. The molecule has 0 bridgehead atoms. The minimum absolute atomic E-state index is 0.727. The lowest BCUT2D eigenvalue weighted by Gasteiger charge is -2.03. The van der Waals surface area contributed by atoms with E-state index >= 15 is 0 Å². The maximum Gasteiger partial charge on any atom is 0.0953 e. The Kier molecular flexibility index (Phi) is 0.266. The van der Waals surface area contributed by atoms with Gasteiger partial charge >= 0.3 is 0 Å². The molecule has 0 aromatic rings. The van der Waals surface area contributed by atoms with E-state index in [1.54, 1.807) is 0 Å². The lowest BCUT2D eigenvalue weighted by molar-refractivity contribution is 0.591. The van der Waals surface area contributed by atoms with Gasteiger partial charge in [-0.1, -0.05) is 0 Å². The maximum absolute atomic E-state index is 8.42. The number of allylic oxidation sites excluding steroid dienone is 2. The van der Waals surface area contributed by atoms with Crippen LogP contribution in [0.1, 0.15) is 6.42 Å². The summed E-state index contributed by atoms with van der Waals surface area (Å²) in [5.41, 5.74) is 2.67. The zero-order valence-corrected chi connectivity index (χ0v) is 4.39. The van der Waals surface area contributed by atoms with E-state index in [0.717, 1.165) is 23.3 Å². The molecule has 3 unspecified atom stereocenters. The van der Waals surface area contributed by atoms with Crippen molar-refractivity contribution in [3.63, 3.8) is 0 Å². The van der Waals surface area contributed by atoms with Crippen LogP contribution in [0.3, 0.4) is 0 Å². The van der Waals surface area contributed by atoms with Gasteiger partial charge in [0.15, 0.2) is 0 Å². The van der Waals surface area contributed by atoms with Gasteiger partial charge in [0, 0.05) is 11.5 Å². The molecule has 38 valence electrons. The van der Waals surface area contributed by atoms with E-state index in [-0.39, 0.29) is 0 Å². The molecule has 0 aromatic carbocycles. The van der Waals surface area contributed by atoms with Crippen LogP contribution in [0.2, 0.25) is 0 Å². The van der Waals surface area contributed by atoms with Gasteiger partial charge in [0.05, 0.1) is 6.07 Å². The maximum atomic E-state index is 8.42. The van der Waals surface area contributed by atoms with Crippen LogP contribution < -0.4 is 0 Å². The quantitative estimate of drug-likeness (QED) is 0.450. The summed E-state index contributed by atoms with van der Waals surface area (Å²) >= 11 is 0. The van der Waals surface area contributed by atoms with Gasteiger partial charge < -0.3 is 0 Å². The Bertz CT molecular complexity index is 244. The van der Waals surface area contributed by atoms with E-state index in [1.807, 2.05) is 0 Å². The molecular formula is C7H5N. The highest BCUT2D eigenvalue weighted by molar-refractivity contribution is 5.63. The number of hydrogen-bond donors (Lipinski definition) is 0. The van der Waals surface area contributed by atoms with Gasteiger partial charge in [-0.05, 0) is 23.8 Å². The number of fused-ring (bicyclic) bond motifs is 4. The third-order valence-electron chi connectivity index (χ3n) is 2.66. The van der Waals surface area contributed by atoms with Crippen LogP contribution in [0.15, 0.2) is 11.1 Å². The zero-order chi connectivity index (χ0) is 5.30. The van der Waals surface area contributed by atoms with Crippen molar-refractivity contribution in [2.75, 3.05) is 0 Å². The minimum Gasteiger partial charge on any atom is -0.193 e. The lowest BCUT2D eigenvalue weighted by Crippen LogP contribution is -1.99. The molecule has 8 heavy (non-hydrogen) atoms. The first-order valence-corrected chi connectivity index (χ1v) is 3.07.